The number of anilines is 3. The number of piperidine rings is 1. The van der Waals surface area contributed by atoms with Crippen LogP contribution in [0, 0.1) is 17.7 Å². The molecule has 0 spiro atoms. The van der Waals surface area contributed by atoms with E-state index in [4.69, 9.17) is 0 Å². The minimum absolute atomic E-state index is 0.0232. The van der Waals surface area contributed by atoms with Crippen molar-refractivity contribution in [3.8, 4) is 0 Å². The third-order valence-electron chi connectivity index (χ3n) is 6.33. The van der Waals surface area contributed by atoms with Crippen LogP contribution in [0.1, 0.15) is 24.8 Å². The van der Waals surface area contributed by atoms with Gasteiger partial charge in [-0.15, -0.1) is 0 Å². The lowest BCUT2D eigenvalue weighted by Crippen LogP contribution is -2.38. The number of rotatable bonds is 6. The van der Waals surface area contributed by atoms with Crippen LogP contribution in [0.4, 0.5) is 34.6 Å². The summed E-state index contributed by atoms with van der Waals surface area (Å²) in [5, 5.41) is 8.36. The van der Waals surface area contributed by atoms with E-state index in [-0.39, 0.29) is 37.6 Å². The van der Waals surface area contributed by atoms with Crippen molar-refractivity contribution >= 4 is 28.9 Å². The fraction of sp³-hybridized carbons (Fsp3) is 0.417. The molecule has 182 valence electrons. The highest BCUT2D eigenvalue weighted by atomic mass is 19.4. The Bertz CT molecular complexity index is 1030. The molecule has 1 atom stereocenters. The Morgan fingerprint density at radius 1 is 1.06 bits per heavy atom. The summed E-state index contributed by atoms with van der Waals surface area (Å²) in [7, 11) is 0. The minimum Gasteiger partial charge on any atom is -0.372 e. The highest BCUT2D eigenvalue weighted by molar-refractivity contribution is 5.89. The summed E-state index contributed by atoms with van der Waals surface area (Å²) < 4.78 is 53.1. The summed E-state index contributed by atoms with van der Waals surface area (Å²) >= 11 is 0. The van der Waals surface area contributed by atoms with Gasteiger partial charge in [0, 0.05) is 55.2 Å². The smallest absolute Gasteiger partial charge is 0.372 e. The summed E-state index contributed by atoms with van der Waals surface area (Å²) in [6.07, 6.45) is -3.82. The molecular formula is C24H26F4N4O2. The second kappa shape index (κ2) is 9.90. The Morgan fingerprint density at radius 3 is 2.32 bits per heavy atom. The maximum atomic E-state index is 14.5. The second-order valence-electron chi connectivity index (χ2n) is 8.70. The van der Waals surface area contributed by atoms with Gasteiger partial charge in [0.1, 0.15) is 5.82 Å². The van der Waals surface area contributed by atoms with Crippen molar-refractivity contribution in [1.82, 2.24) is 10.6 Å². The number of benzene rings is 2. The zero-order valence-corrected chi connectivity index (χ0v) is 18.4. The van der Waals surface area contributed by atoms with E-state index in [0.29, 0.717) is 36.6 Å². The van der Waals surface area contributed by atoms with Crippen molar-refractivity contribution in [3.63, 3.8) is 0 Å². The molecule has 1 unspecified atom stereocenters. The number of halogens is 4. The Labute approximate surface area is 194 Å². The van der Waals surface area contributed by atoms with Crippen LogP contribution in [-0.2, 0) is 16.1 Å². The molecule has 2 aromatic carbocycles. The van der Waals surface area contributed by atoms with Gasteiger partial charge in [0.25, 0.3) is 0 Å². The quantitative estimate of drug-likeness (QED) is 0.547. The summed E-state index contributed by atoms with van der Waals surface area (Å²) in [5.74, 6) is -2.60. The molecule has 3 N–H and O–H groups in total. The first-order valence-electron chi connectivity index (χ1n) is 11.2. The molecule has 0 aromatic heterocycles. The molecule has 2 aliphatic rings. The van der Waals surface area contributed by atoms with E-state index in [0.717, 1.165) is 5.69 Å². The lowest BCUT2D eigenvalue weighted by Gasteiger charge is -2.34. The van der Waals surface area contributed by atoms with Crippen LogP contribution >= 0.6 is 0 Å². The lowest BCUT2D eigenvalue weighted by molar-refractivity contribution is -0.179. The third kappa shape index (κ3) is 5.78. The fourth-order valence-corrected chi connectivity index (χ4v) is 4.27. The molecule has 2 fully saturated rings. The predicted octanol–water partition coefficient (Wildman–Crippen LogP) is 4.10. The second-order valence-corrected chi connectivity index (χ2v) is 8.70. The van der Waals surface area contributed by atoms with E-state index in [2.05, 4.69) is 16.0 Å². The molecule has 6 nitrogen and oxygen atoms in total. The molecule has 2 amide bonds. The molecule has 0 bridgehead atoms. The molecule has 10 heteroatoms. The first-order valence-corrected chi connectivity index (χ1v) is 11.2. The highest BCUT2D eigenvalue weighted by Crippen LogP contribution is 2.35. The Hall–Kier alpha value is -3.30. The van der Waals surface area contributed by atoms with Crippen LogP contribution in [-0.4, -0.2) is 37.6 Å². The number of nitrogens with one attached hydrogen (secondary N) is 3. The average Bonchev–Trinajstić information content (AvgIpc) is 3.25. The standard InChI is InChI=1S/C24H26F4N4O2/c25-21-12-19(2-1-15(21)13-30-23(34)16-11-22(33)29-14-16)31-18-3-5-20(6-4-18)32-9-7-17(8-10-32)24(26,27)28/h1-6,12,16-17,31H,7-11,13-14H2,(H,29,33)(H,30,34). The van der Waals surface area contributed by atoms with Gasteiger partial charge in [0.05, 0.1) is 11.8 Å². The number of alkyl halides is 3. The van der Waals surface area contributed by atoms with Crippen molar-refractivity contribution in [2.45, 2.75) is 32.0 Å². The first-order chi connectivity index (χ1) is 16.2. The maximum absolute atomic E-state index is 14.5. The topological polar surface area (TPSA) is 73.5 Å². The van der Waals surface area contributed by atoms with E-state index >= 15 is 0 Å². The molecule has 0 aliphatic carbocycles. The normalized spacial score (nSPS) is 19.1. The van der Waals surface area contributed by atoms with Crippen LogP contribution in [0.3, 0.4) is 0 Å². The van der Waals surface area contributed by atoms with Gasteiger partial charge in [-0.2, -0.15) is 13.2 Å². The molecule has 2 aromatic rings. The molecule has 0 saturated carbocycles. The molecule has 0 radical (unpaired) electrons. The third-order valence-corrected chi connectivity index (χ3v) is 6.33. The predicted molar refractivity (Wildman–Crippen MR) is 120 cm³/mol. The SMILES string of the molecule is O=C1CC(C(=O)NCc2ccc(Nc3ccc(N4CCC(C(F)(F)F)CC4)cc3)cc2F)CN1. The molecule has 4 rings (SSSR count). The van der Waals surface area contributed by atoms with E-state index in [9.17, 15) is 27.2 Å². The Morgan fingerprint density at radius 2 is 1.74 bits per heavy atom. The van der Waals surface area contributed by atoms with Gasteiger partial charge in [0.15, 0.2) is 0 Å². The van der Waals surface area contributed by atoms with Crippen molar-refractivity contribution in [1.29, 1.82) is 0 Å². The van der Waals surface area contributed by atoms with Gasteiger partial charge < -0.3 is 20.9 Å². The largest absolute Gasteiger partial charge is 0.391 e. The van der Waals surface area contributed by atoms with Gasteiger partial charge in [-0.1, -0.05) is 6.07 Å². The summed E-state index contributed by atoms with van der Waals surface area (Å²) in [6.45, 7) is 1.03. The number of carbonyl (C=O) groups excluding carboxylic acids is 2. The van der Waals surface area contributed by atoms with Gasteiger partial charge in [-0.05, 0) is 49.2 Å². The van der Waals surface area contributed by atoms with Crippen molar-refractivity contribution in [2.24, 2.45) is 11.8 Å². The van der Waals surface area contributed by atoms with E-state index in [1.165, 1.54) is 6.07 Å². The van der Waals surface area contributed by atoms with Crippen molar-refractivity contribution < 1.29 is 27.2 Å². The van der Waals surface area contributed by atoms with Gasteiger partial charge in [-0.3, -0.25) is 9.59 Å². The number of amides is 2. The van der Waals surface area contributed by atoms with Gasteiger partial charge >= 0.3 is 6.18 Å². The Kier molecular flexibility index (Phi) is 6.95. The number of carbonyl (C=O) groups is 2. The molecule has 2 aliphatic heterocycles. The molecule has 34 heavy (non-hydrogen) atoms. The summed E-state index contributed by atoms with van der Waals surface area (Å²) in [6, 6.07) is 11.9. The molecule has 2 heterocycles. The van der Waals surface area contributed by atoms with Gasteiger partial charge in [-0.25, -0.2) is 4.39 Å². The summed E-state index contributed by atoms with van der Waals surface area (Å²) in [4.78, 5) is 25.3. The molecular weight excluding hydrogens is 452 g/mol. The maximum Gasteiger partial charge on any atom is 0.391 e. The average molecular weight is 478 g/mol. The molecule has 2 saturated heterocycles. The fourth-order valence-electron chi connectivity index (χ4n) is 4.27. The number of hydrogen-bond donors (Lipinski definition) is 3. The van der Waals surface area contributed by atoms with Crippen LogP contribution in [0.25, 0.3) is 0 Å². The van der Waals surface area contributed by atoms with Crippen LogP contribution in [0.2, 0.25) is 0 Å². The number of nitrogens with zero attached hydrogens (tertiary/aromatic N) is 1. The van der Waals surface area contributed by atoms with Crippen molar-refractivity contribution in [3.05, 3.63) is 53.8 Å². The summed E-state index contributed by atoms with van der Waals surface area (Å²) in [5.41, 5.74) is 2.42. The minimum atomic E-state index is -4.13. The van der Waals surface area contributed by atoms with E-state index in [1.807, 2.05) is 17.0 Å². The monoisotopic (exact) mass is 478 g/mol. The zero-order valence-electron chi connectivity index (χ0n) is 18.4. The van der Waals surface area contributed by atoms with Crippen LogP contribution in [0.15, 0.2) is 42.5 Å². The van der Waals surface area contributed by atoms with Gasteiger partial charge in [0.2, 0.25) is 11.8 Å². The number of hydrogen-bond acceptors (Lipinski definition) is 4. The van der Waals surface area contributed by atoms with Crippen molar-refractivity contribution in [2.75, 3.05) is 29.9 Å². The lowest BCUT2D eigenvalue weighted by atomic mass is 9.96. The van der Waals surface area contributed by atoms with Crippen LogP contribution < -0.4 is 20.9 Å². The van der Waals surface area contributed by atoms with E-state index in [1.54, 1.807) is 24.3 Å². The highest BCUT2D eigenvalue weighted by Gasteiger charge is 2.41. The zero-order chi connectivity index (χ0) is 24.3. The van der Waals surface area contributed by atoms with E-state index < -0.39 is 23.8 Å². The first kappa shape index (κ1) is 23.8. The van der Waals surface area contributed by atoms with Crippen LogP contribution in [0.5, 0.6) is 0 Å². The Balaban J connectivity index is 1.29.